The fraction of sp³-hybridized carbons (Fsp3) is 0.278. The molecule has 0 radical (unpaired) electrons. The van der Waals surface area contributed by atoms with E-state index < -0.39 is 0 Å². The predicted octanol–water partition coefficient (Wildman–Crippen LogP) is 3.59. The molecular weight excluding hydrogens is 276 g/mol. The lowest BCUT2D eigenvalue weighted by atomic mass is 9.97. The highest BCUT2D eigenvalue weighted by Gasteiger charge is 2.18. The molecule has 0 spiro atoms. The summed E-state index contributed by atoms with van der Waals surface area (Å²) in [7, 11) is 1.39. The molecule has 2 rings (SSSR count). The lowest BCUT2D eigenvalue weighted by molar-refractivity contribution is -0.139. The molecule has 22 heavy (non-hydrogen) atoms. The maximum atomic E-state index is 11.6. The molecule has 0 aromatic heterocycles. The number of esters is 1. The van der Waals surface area contributed by atoms with Gasteiger partial charge in [0, 0.05) is 6.54 Å². The minimum absolute atomic E-state index is 0.189. The molecule has 1 aromatic carbocycles. The third-order valence-electron chi connectivity index (χ3n) is 3.34. The number of methoxy groups -OCH3 is 1. The highest BCUT2D eigenvalue weighted by molar-refractivity contribution is 6.53. The lowest BCUT2D eigenvalue weighted by Crippen LogP contribution is -2.20. The average molecular weight is 296 g/mol. The second kappa shape index (κ2) is 7.50. The van der Waals surface area contributed by atoms with Crippen LogP contribution >= 0.6 is 0 Å². The van der Waals surface area contributed by atoms with Crippen molar-refractivity contribution in [3.05, 3.63) is 53.6 Å². The van der Waals surface area contributed by atoms with Gasteiger partial charge in [-0.15, -0.1) is 0 Å². The van der Waals surface area contributed by atoms with Crippen LogP contribution in [0, 0.1) is 6.92 Å². The maximum Gasteiger partial charge on any atom is 0.310 e. The van der Waals surface area contributed by atoms with E-state index in [9.17, 15) is 4.79 Å². The van der Waals surface area contributed by atoms with Gasteiger partial charge in [0.2, 0.25) is 0 Å². The van der Waals surface area contributed by atoms with E-state index in [1.165, 1.54) is 7.11 Å². The van der Waals surface area contributed by atoms with E-state index in [4.69, 9.17) is 9.73 Å². The number of carbonyl (C=O) groups is 1. The number of rotatable bonds is 4. The normalized spacial score (nSPS) is 17.7. The molecule has 1 aliphatic carbocycles. The van der Waals surface area contributed by atoms with Gasteiger partial charge in [0.25, 0.3) is 0 Å². The van der Waals surface area contributed by atoms with Gasteiger partial charge in [-0.2, -0.15) is 0 Å². The van der Waals surface area contributed by atoms with Crippen LogP contribution in [0.15, 0.2) is 58.1 Å². The summed E-state index contributed by atoms with van der Waals surface area (Å²) in [5, 5.41) is 0. The Labute approximate surface area is 130 Å². The van der Waals surface area contributed by atoms with Crippen LogP contribution in [0.3, 0.4) is 0 Å². The molecule has 0 heterocycles. The maximum absolute atomic E-state index is 11.6. The van der Waals surface area contributed by atoms with E-state index in [-0.39, 0.29) is 12.4 Å². The molecule has 0 fully saturated rings. The molecule has 0 atom stereocenters. The van der Waals surface area contributed by atoms with Crippen LogP contribution in [0.1, 0.15) is 18.9 Å². The number of carbonyl (C=O) groups excluding carboxylic acids is 1. The first-order valence-corrected chi connectivity index (χ1v) is 7.29. The van der Waals surface area contributed by atoms with Crippen molar-refractivity contribution < 1.29 is 9.53 Å². The van der Waals surface area contributed by atoms with Crippen molar-refractivity contribution in [2.75, 3.05) is 13.7 Å². The second-order valence-corrected chi connectivity index (χ2v) is 4.91. The second-order valence-electron chi connectivity index (χ2n) is 4.91. The summed E-state index contributed by atoms with van der Waals surface area (Å²) in [5.74, 6) is -0.283. The van der Waals surface area contributed by atoms with E-state index in [1.807, 2.05) is 56.3 Å². The van der Waals surface area contributed by atoms with Crippen molar-refractivity contribution in [2.24, 2.45) is 9.98 Å². The zero-order valence-electron chi connectivity index (χ0n) is 13.2. The van der Waals surface area contributed by atoms with Gasteiger partial charge < -0.3 is 4.74 Å². The van der Waals surface area contributed by atoms with E-state index in [0.29, 0.717) is 6.54 Å². The number of hydrogen-bond acceptors (Lipinski definition) is 4. The Morgan fingerprint density at radius 3 is 2.73 bits per heavy atom. The fourth-order valence-corrected chi connectivity index (χ4v) is 2.18. The number of aliphatic imine (C=N–C) groups is 2. The number of ether oxygens (including phenoxy) is 1. The Morgan fingerprint density at radius 1 is 1.27 bits per heavy atom. The molecule has 0 N–H and O–H groups in total. The molecule has 1 aromatic rings. The SMILES string of the molecule is CCN=C1C=CC=C(CC(=O)OC)C1=Nc1ccccc1C. The van der Waals surface area contributed by atoms with Crippen molar-refractivity contribution in [1.29, 1.82) is 0 Å². The smallest absolute Gasteiger partial charge is 0.310 e. The summed E-state index contributed by atoms with van der Waals surface area (Å²) in [6, 6.07) is 7.90. The van der Waals surface area contributed by atoms with Crippen molar-refractivity contribution in [3.63, 3.8) is 0 Å². The topological polar surface area (TPSA) is 51.0 Å². The van der Waals surface area contributed by atoms with Crippen molar-refractivity contribution in [2.45, 2.75) is 20.3 Å². The molecule has 0 amide bonds. The highest BCUT2D eigenvalue weighted by Crippen LogP contribution is 2.22. The standard InChI is InChI=1S/C18H20N2O2/c1-4-19-16-11-7-9-14(12-17(21)22-3)18(16)20-15-10-6-5-8-13(15)2/h5-11H,4,12H2,1-3H3. The first kappa shape index (κ1) is 15.9. The summed E-state index contributed by atoms with van der Waals surface area (Å²) in [5.41, 5.74) is 4.33. The molecule has 0 bridgehead atoms. The van der Waals surface area contributed by atoms with Crippen molar-refractivity contribution in [1.82, 2.24) is 0 Å². The van der Waals surface area contributed by atoms with Crippen LogP contribution in [-0.2, 0) is 9.53 Å². The summed E-state index contributed by atoms with van der Waals surface area (Å²) < 4.78 is 4.77. The van der Waals surface area contributed by atoms with Gasteiger partial charge in [0.05, 0.1) is 30.6 Å². The largest absolute Gasteiger partial charge is 0.469 e. The number of nitrogens with zero attached hydrogens (tertiary/aromatic N) is 2. The van der Waals surface area contributed by atoms with Crippen molar-refractivity contribution >= 4 is 23.1 Å². The Balaban J connectivity index is 2.46. The molecule has 4 nitrogen and oxygen atoms in total. The first-order chi connectivity index (χ1) is 10.7. The molecule has 114 valence electrons. The fourth-order valence-electron chi connectivity index (χ4n) is 2.18. The molecule has 0 aliphatic heterocycles. The number of aryl methyl sites for hydroxylation is 1. The minimum Gasteiger partial charge on any atom is -0.469 e. The van der Waals surface area contributed by atoms with Gasteiger partial charge in [-0.3, -0.25) is 9.79 Å². The van der Waals surface area contributed by atoms with E-state index in [0.717, 1.165) is 28.2 Å². The molecular formula is C18H20N2O2. The minimum atomic E-state index is -0.283. The van der Waals surface area contributed by atoms with E-state index in [1.54, 1.807) is 0 Å². The van der Waals surface area contributed by atoms with Crippen LogP contribution in [-0.4, -0.2) is 31.0 Å². The van der Waals surface area contributed by atoms with Gasteiger partial charge in [0.15, 0.2) is 0 Å². The van der Waals surface area contributed by atoms with Crippen LogP contribution < -0.4 is 0 Å². The van der Waals surface area contributed by atoms with Crippen molar-refractivity contribution in [3.8, 4) is 0 Å². The Morgan fingerprint density at radius 2 is 2.05 bits per heavy atom. The first-order valence-electron chi connectivity index (χ1n) is 7.29. The number of allylic oxidation sites excluding steroid dienone is 3. The van der Waals surface area contributed by atoms with Crippen LogP contribution in [0.4, 0.5) is 5.69 Å². The third-order valence-corrected chi connectivity index (χ3v) is 3.34. The molecule has 0 saturated heterocycles. The molecule has 1 aliphatic rings. The molecule has 4 heteroatoms. The lowest BCUT2D eigenvalue weighted by Gasteiger charge is -2.14. The van der Waals surface area contributed by atoms with Gasteiger partial charge >= 0.3 is 5.97 Å². The number of para-hydroxylation sites is 1. The van der Waals surface area contributed by atoms with E-state index >= 15 is 0 Å². The zero-order chi connectivity index (χ0) is 15.9. The molecule has 0 unspecified atom stereocenters. The molecule has 0 saturated carbocycles. The van der Waals surface area contributed by atoms with Crippen LogP contribution in [0.2, 0.25) is 0 Å². The number of benzene rings is 1. The highest BCUT2D eigenvalue weighted by atomic mass is 16.5. The van der Waals surface area contributed by atoms with Gasteiger partial charge in [-0.05, 0) is 37.1 Å². The summed E-state index contributed by atoms with van der Waals surface area (Å²) in [4.78, 5) is 20.9. The Hall–Kier alpha value is -2.49. The van der Waals surface area contributed by atoms with Gasteiger partial charge in [0.1, 0.15) is 0 Å². The Bertz CT molecular complexity index is 682. The van der Waals surface area contributed by atoms with Crippen LogP contribution in [0.5, 0.6) is 0 Å². The zero-order valence-corrected chi connectivity index (χ0v) is 13.2. The summed E-state index contributed by atoms with van der Waals surface area (Å²) in [6.07, 6.45) is 5.89. The van der Waals surface area contributed by atoms with Gasteiger partial charge in [-0.1, -0.05) is 30.4 Å². The monoisotopic (exact) mass is 296 g/mol. The quantitative estimate of drug-likeness (QED) is 0.630. The predicted molar refractivity (Wildman–Crippen MR) is 90.1 cm³/mol. The third kappa shape index (κ3) is 3.79. The average Bonchev–Trinajstić information content (AvgIpc) is 2.52. The number of hydrogen-bond donors (Lipinski definition) is 0. The summed E-state index contributed by atoms with van der Waals surface area (Å²) in [6.45, 7) is 4.65. The summed E-state index contributed by atoms with van der Waals surface area (Å²) >= 11 is 0. The Kier molecular flexibility index (Phi) is 5.42. The van der Waals surface area contributed by atoms with E-state index in [2.05, 4.69) is 4.99 Å². The van der Waals surface area contributed by atoms with Gasteiger partial charge in [-0.25, -0.2) is 4.99 Å². The van der Waals surface area contributed by atoms with Crippen LogP contribution in [0.25, 0.3) is 0 Å².